The Kier molecular flexibility index (Phi) is 4.56. The number of rotatable bonds is 4. The van der Waals surface area contributed by atoms with Gasteiger partial charge in [0.15, 0.2) is 0 Å². The third-order valence-corrected chi connectivity index (χ3v) is 4.87. The second-order valence-electron chi connectivity index (χ2n) is 6.63. The summed E-state index contributed by atoms with van der Waals surface area (Å²) in [4.78, 5) is 18.9. The van der Waals surface area contributed by atoms with E-state index in [9.17, 15) is 9.18 Å². The van der Waals surface area contributed by atoms with E-state index < -0.39 is 0 Å². The summed E-state index contributed by atoms with van der Waals surface area (Å²) >= 11 is 0. The smallest absolute Gasteiger partial charge is 0.317 e. The molecule has 5 nitrogen and oxygen atoms in total. The molecular weight excluding hydrogens is 331 g/mol. The van der Waals surface area contributed by atoms with E-state index in [1.807, 2.05) is 33.7 Å². The second kappa shape index (κ2) is 7.15. The molecule has 2 heterocycles. The third kappa shape index (κ3) is 3.40. The molecular formula is C20H21FN4O. The van der Waals surface area contributed by atoms with Crippen molar-refractivity contribution in [3.8, 4) is 0 Å². The van der Waals surface area contributed by atoms with E-state index in [1.54, 1.807) is 18.5 Å². The summed E-state index contributed by atoms with van der Waals surface area (Å²) in [5.41, 5.74) is 2.79. The number of urea groups is 1. The SMILES string of the molecule is O=C(NC(Cn1cnc2ccccc21)c1ccc(F)cc1)N1CCCC1. The van der Waals surface area contributed by atoms with Crippen LogP contribution < -0.4 is 5.32 Å². The second-order valence-corrected chi connectivity index (χ2v) is 6.63. The van der Waals surface area contributed by atoms with E-state index >= 15 is 0 Å². The summed E-state index contributed by atoms with van der Waals surface area (Å²) in [6.07, 6.45) is 3.87. The van der Waals surface area contributed by atoms with Crippen LogP contribution in [0.1, 0.15) is 24.4 Å². The van der Waals surface area contributed by atoms with Gasteiger partial charge in [-0.05, 0) is 42.7 Å². The number of imidazole rings is 1. The maximum absolute atomic E-state index is 13.3. The number of hydrogen-bond donors (Lipinski definition) is 1. The van der Waals surface area contributed by atoms with Crippen molar-refractivity contribution in [2.45, 2.75) is 25.4 Å². The van der Waals surface area contributed by atoms with Crippen LogP contribution in [0.3, 0.4) is 0 Å². The van der Waals surface area contributed by atoms with E-state index in [0.717, 1.165) is 42.5 Å². The topological polar surface area (TPSA) is 50.2 Å². The Morgan fingerprint density at radius 1 is 1.12 bits per heavy atom. The van der Waals surface area contributed by atoms with Crippen molar-refractivity contribution in [2.75, 3.05) is 13.1 Å². The number of nitrogens with zero attached hydrogens (tertiary/aromatic N) is 3. The van der Waals surface area contributed by atoms with Gasteiger partial charge in [0.2, 0.25) is 0 Å². The molecule has 1 fully saturated rings. The Bertz CT molecular complexity index is 900. The van der Waals surface area contributed by atoms with Crippen molar-refractivity contribution in [2.24, 2.45) is 0 Å². The number of halogens is 1. The summed E-state index contributed by atoms with van der Waals surface area (Å²) in [7, 11) is 0. The van der Waals surface area contributed by atoms with Crippen LogP contribution in [0.25, 0.3) is 11.0 Å². The van der Waals surface area contributed by atoms with Gasteiger partial charge in [-0.15, -0.1) is 0 Å². The maximum Gasteiger partial charge on any atom is 0.317 e. The molecule has 0 aliphatic carbocycles. The number of para-hydroxylation sites is 2. The Labute approximate surface area is 151 Å². The normalized spacial score (nSPS) is 15.3. The number of amides is 2. The third-order valence-electron chi connectivity index (χ3n) is 4.87. The Hall–Kier alpha value is -2.89. The lowest BCUT2D eigenvalue weighted by Gasteiger charge is -2.24. The molecule has 0 bridgehead atoms. The van der Waals surface area contributed by atoms with Crippen molar-refractivity contribution in [1.29, 1.82) is 0 Å². The van der Waals surface area contributed by atoms with Crippen molar-refractivity contribution in [3.63, 3.8) is 0 Å². The summed E-state index contributed by atoms with van der Waals surface area (Å²) in [6.45, 7) is 2.11. The molecule has 2 aromatic carbocycles. The number of aromatic nitrogens is 2. The number of nitrogens with one attached hydrogen (secondary N) is 1. The number of likely N-dealkylation sites (tertiary alicyclic amines) is 1. The van der Waals surface area contributed by atoms with E-state index in [2.05, 4.69) is 10.3 Å². The highest BCUT2D eigenvalue weighted by atomic mass is 19.1. The fraction of sp³-hybridized carbons (Fsp3) is 0.300. The largest absolute Gasteiger partial charge is 0.329 e. The molecule has 1 aliphatic rings. The summed E-state index contributed by atoms with van der Waals surface area (Å²) in [5, 5.41) is 3.11. The van der Waals surface area contributed by atoms with Gasteiger partial charge in [-0.25, -0.2) is 14.2 Å². The van der Waals surface area contributed by atoms with Gasteiger partial charge in [0, 0.05) is 19.6 Å². The molecule has 0 saturated carbocycles. The predicted molar refractivity (Wildman–Crippen MR) is 98.2 cm³/mol. The summed E-state index contributed by atoms with van der Waals surface area (Å²) in [6, 6.07) is 13.9. The lowest BCUT2D eigenvalue weighted by atomic mass is 10.1. The molecule has 0 spiro atoms. The standard InChI is InChI=1S/C20H21FN4O/c21-16-9-7-15(8-10-16)18(23-20(26)24-11-3-4-12-24)13-25-14-22-17-5-1-2-6-19(17)25/h1-2,5-10,14,18H,3-4,11-13H2,(H,23,26). The molecule has 134 valence electrons. The van der Waals surface area contributed by atoms with Crippen LogP contribution in [-0.2, 0) is 6.54 Å². The van der Waals surface area contributed by atoms with Crippen LogP contribution in [-0.4, -0.2) is 33.6 Å². The average Bonchev–Trinajstić information content (AvgIpc) is 3.32. The quantitative estimate of drug-likeness (QED) is 0.778. The number of carbonyl (C=O) groups excluding carboxylic acids is 1. The van der Waals surface area contributed by atoms with Gasteiger partial charge in [0.05, 0.1) is 23.4 Å². The monoisotopic (exact) mass is 352 g/mol. The van der Waals surface area contributed by atoms with E-state index in [-0.39, 0.29) is 17.9 Å². The van der Waals surface area contributed by atoms with Crippen molar-refractivity contribution < 1.29 is 9.18 Å². The minimum Gasteiger partial charge on any atom is -0.329 e. The van der Waals surface area contributed by atoms with Gasteiger partial charge in [0.25, 0.3) is 0 Å². The highest BCUT2D eigenvalue weighted by Crippen LogP contribution is 2.21. The average molecular weight is 352 g/mol. The number of benzene rings is 2. The zero-order valence-corrected chi connectivity index (χ0v) is 14.4. The van der Waals surface area contributed by atoms with Crippen molar-refractivity contribution in [1.82, 2.24) is 19.8 Å². The zero-order valence-electron chi connectivity index (χ0n) is 14.4. The van der Waals surface area contributed by atoms with Gasteiger partial charge in [0.1, 0.15) is 5.82 Å². The van der Waals surface area contributed by atoms with Crippen LogP contribution in [0, 0.1) is 5.82 Å². The van der Waals surface area contributed by atoms with Gasteiger partial charge in [-0.3, -0.25) is 0 Å². The molecule has 1 saturated heterocycles. The molecule has 1 N–H and O–H groups in total. The van der Waals surface area contributed by atoms with E-state index in [4.69, 9.17) is 0 Å². The molecule has 6 heteroatoms. The molecule has 3 aromatic rings. The zero-order chi connectivity index (χ0) is 17.9. The van der Waals surface area contributed by atoms with E-state index in [1.165, 1.54) is 12.1 Å². The van der Waals surface area contributed by atoms with Gasteiger partial charge in [-0.1, -0.05) is 24.3 Å². The van der Waals surface area contributed by atoms with Gasteiger partial charge in [-0.2, -0.15) is 0 Å². The molecule has 0 radical (unpaired) electrons. The van der Waals surface area contributed by atoms with Gasteiger partial charge < -0.3 is 14.8 Å². The molecule has 2 amide bonds. The van der Waals surface area contributed by atoms with Crippen molar-refractivity contribution >= 4 is 17.1 Å². The first-order valence-electron chi connectivity index (χ1n) is 8.91. The predicted octanol–water partition coefficient (Wildman–Crippen LogP) is 3.72. The molecule has 1 aliphatic heterocycles. The Morgan fingerprint density at radius 2 is 1.85 bits per heavy atom. The first kappa shape index (κ1) is 16.6. The minimum absolute atomic E-state index is 0.0683. The summed E-state index contributed by atoms with van der Waals surface area (Å²) < 4.78 is 15.4. The number of carbonyl (C=O) groups is 1. The highest BCUT2D eigenvalue weighted by Gasteiger charge is 2.22. The molecule has 1 unspecified atom stereocenters. The van der Waals surface area contributed by atoms with Crippen LogP contribution in [0.4, 0.5) is 9.18 Å². The molecule has 1 aromatic heterocycles. The lowest BCUT2D eigenvalue weighted by molar-refractivity contribution is 0.203. The fourth-order valence-corrected chi connectivity index (χ4v) is 3.44. The number of hydrogen-bond acceptors (Lipinski definition) is 2. The molecule has 26 heavy (non-hydrogen) atoms. The number of fused-ring (bicyclic) bond motifs is 1. The van der Waals surface area contributed by atoms with Crippen LogP contribution in [0.2, 0.25) is 0 Å². The van der Waals surface area contributed by atoms with Crippen molar-refractivity contribution in [3.05, 3.63) is 66.2 Å². The highest BCUT2D eigenvalue weighted by molar-refractivity contribution is 5.76. The van der Waals surface area contributed by atoms with Crippen LogP contribution in [0.15, 0.2) is 54.9 Å². The minimum atomic E-state index is -0.286. The Balaban J connectivity index is 1.61. The first-order chi connectivity index (χ1) is 12.7. The van der Waals surface area contributed by atoms with Crippen LogP contribution >= 0.6 is 0 Å². The molecule has 4 rings (SSSR count). The molecule has 1 atom stereocenters. The summed E-state index contributed by atoms with van der Waals surface area (Å²) in [5.74, 6) is -0.286. The lowest BCUT2D eigenvalue weighted by Crippen LogP contribution is -2.41. The van der Waals surface area contributed by atoms with E-state index in [0.29, 0.717) is 6.54 Å². The van der Waals surface area contributed by atoms with Gasteiger partial charge >= 0.3 is 6.03 Å². The first-order valence-corrected chi connectivity index (χ1v) is 8.91. The fourth-order valence-electron chi connectivity index (χ4n) is 3.44. The Morgan fingerprint density at radius 3 is 2.62 bits per heavy atom. The maximum atomic E-state index is 13.3. The van der Waals surface area contributed by atoms with Crippen LogP contribution in [0.5, 0.6) is 0 Å².